The number of nitrogens with zero attached hydrogens (tertiary/aromatic N) is 1. The summed E-state index contributed by atoms with van der Waals surface area (Å²) in [6, 6.07) is 0.473. The van der Waals surface area contributed by atoms with Crippen LogP contribution in [-0.2, 0) is 0 Å². The number of nitrogens with two attached hydrogens (primary N) is 1. The molecule has 106 valence electrons. The highest BCUT2D eigenvalue weighted by molar-refractivity contribution is 5.08. The first-order valence-electron chi connectivity index (χ1n) is 7.59. The molecule has 4 atom stereocenters. The molecule has 2 fully saturated rings. The average molecular weight is 254 g/mol. The van der Waals surface area contributed by atoms with Gasteiger partial charge in [0.25, 0.3) is 0 Å². The van der Waals surface area contributed by atoms with Crippen LogP contribution in [0.5, 0.6) is 0 Å². The summed E-state index contributed by atoms with van der Waals surface area (Å²) in [5.41, 5.74) is 5.53. The maximum absolute atomic E-state index is 11.2. The van der Waals surface area contributed by atoms with Gasteiger partial charge in [-0.25, -0.2) is 0 Å². The van der Waals surface area contributed by atoms with Crippen molar-refractivity contribution in [2.75, 3.05) is 20.1 Å². The van der Waals surface area contributed by atoms with Crippen LogP contribution in [0.3, 0.4) is 0 Å². The number of hydrogen-bond donors (Lipinski definition) is 2. The van der Waals surface area contributed by atoms with Crippen molar-refractivity contribution in [3.63, 3.8) is 0 Å². The maximum atomic E-state index is 11.2. The molecule has 3 heteroatoms. The Morgan fingerprint density at radius 1 is 1.39 bits per heavy atom. The minimum Gasteiger partial charge on any atom is -0.388 e. The van der Waals surface area contributed by atoms with E-state index in [1.54, 1.807) is 0 Å². The monoisotopic (exact) mass is 254 g/mol. The topological polar surface area (TPSA) is 49.5 Å². The predicted octanol–water partition coefficient (Wildman–Crippen LogP) is 1.99. The summed E-state index contributed by atoms with van der Waals surface area (Å²) in [6.07, 6.45) is 6.89. The summed E-state index contributed by atoms with van der Waals surface area (Å²) in [6.45, 7) is 5.91. The third kappa shape index (κ3) is 2.21. The molecule has 0 amide bonds. The van der Waals surface area contributed by atoms with Gasteiger partial charge in [0.2, 0.25) is 0 Å². The fraction of sp³-hybridized carbons (Fsp3) is 1.00. The van der Waals surface area contributed by atoms with Crippen molar-refractivity contribution in [3.05, 3.63) is 0 Å². The van der Waals surface area contributed by atoms with Crippen LogP contribution < -0.4 is 5.73 Å². The lowest BCUT2D eigenvalue weighted by atomic mass is 9.59. The first kappa shape index (κ1) is 14.3. The van der Waals surface area contributed by atoms with E-state index in [0.717, 1.165) is 31.7 Å². The minimum absolute atomic E-state index is 0.0368. The molecule has 1 heterocycles. The Balaban J connectivity index is 2.21. The van der Waals surface area contributed by atoms with E-state index >= 15 is 0 Å². The molecule has 1 aliphatic heterocycles. The smallest absolute Gasteiger partial charge is 0.0856 e. The first-order valence-corrected chi connectivity index (χ1v) is 7.59. The summed E-state index contributed by atoms with van der Waals surface area (Å²) in [5.74, 6) is 0.757. The zero-order valence-corrected chi connectivity index (χ0v) is 12.3. The SMILES string of the molecule is CCC1CCCC(CN)(C2(O)CC(C)N(C)C2)C1. The number of likely N-dealkylation sites (N-methyl/N-ethyl adjacent to an activating group) is 1. The number of hydrogen-bond acceptors (Lipinski definition) is 3. The molecule has 2 aliphatic rings. The van der Waals surface area contributed by atoms with Crippen LogP contribution in [0, 0.1) is 11.3 Å². The summed E-state index contributed by atoms with van der Waals surface area (Å²) < 4.78 is 0. The van der Waals surface area contributed by atoms with E-state index in [2.05, 4.69) is 25.8 Å². The third-order valence-electron chi connectivity index (χ3n) is 5.80. The molecule has 1 saturated heterocycles. The molecule has 1 saturated carbocycles. The van der Waals surface area contributed by atoms with Crippen molar-refractivity contribution in [1.29, 1.82) is 0 Å². The van der Waals surface area contributed by atoms with Gasteiger partial charge in [0.1, 0.15) is 0 Å². The van der Waals surface area contributed by atoms with E-state index in [0.29, 0.717) is 12.6 Å². The van der Waals surface area contributed by atoms with Gasteiger partial charge in [0.15, 0.2) is 0 Å². The van der Waals surface area contributed by atoms with E-state index in [9.17, 15) is 5.11 Å². The van der Waals surface area contributed by atoms with Crippen LogP contribution in [0.1, 0.15) is 52.4 Å². The van der Waals surface area contributed by atoms with Gasteiger partial charge in [-0.15, -0.1) is 0 Å². The van der Waals surface area contributed by atoms with Gasteiger partial charge in [-0.2, -0.15) is 0 Å². The van der Waals surface area contributed by atoms with Crippen LogP contribution in [0.15, 0.2) is 0 Å². The zero-order chi connectivity index (χ0) is 13.4. The van der Waals surface area contributed by atoms with Gasteiger partial charge in [0.05, 0.1) is 5.60 Å². The molecule has 18 heavy (non-hydrogen) atoms. The Morgan fingerprint density at radius 2 is 2.11 bits per heavy atom. The van der Waals surface area contributed by atoms with Crippen molar-refractivity contribution in [2.45, 2.75) is 64.0 Å². The number of β-amino-alcohol motifs (C(OH)–C–C–N with tert-alkyl or cyclic N) is 1. The Labute approximate surface area is 112 Å². The van der Waals surface area contributed by atoms with Gasteiger partial charge in [-0.05, 0) is 39.2 Å². The van der Waals surface area contributed by atoms with E-state index in [4.69, 9.17) is 5.73 Å². The van der Waals surface area contributed by atoms with Gasteiger partial charge >= 0.3 is 0 Å². The first-order chi connectivity index (χ1) is 8.46. The van der Waals surface area contributed by atoms with Crippen LogP contribution in [0.25, 0.3) is 0 Å². The second kappa shape index (κ2) is 5.10. The highest BCUT2D eigenvalue weighted by atomic mass is 16.3. The van der Waals surface area contributed by atoms with Crippen molar-refractivity contribution in [2.24, 2.45) is 17.1 Å². The van der Waals surface area contributed by atoms with Gasteiger partial charge in [0, 0.05) is 24.5 Å². The van der Waals surface area contributed by atoms with Crippen molar-refractivity contribution >= 4 is 0 Å². The Hall–Kier alpha value is -0.120. The Kier molecular flexibility index (Phi) is 4.05. The molecular weight excluding hydrogens is 224 g/mol. The highest BCUT2D eigenvalue weighted by Gasteiger charge is 2.55. The van der Waals surface area contributed by atoms with Gasteiger partial charge in [-0.3, -0.25) is 0 Å². The third-order valence-corrected chi connectivity index (χ3v) is 5.80. The Morgan fingerprint density at radius 3 is 2.61 bits per heavy atom. The van der Waals surface area contributed by atoms with Crippen molar-refractivity contribution in [3.8, 4) is 0 Å². The van der Waals surface area contributed by atoms with E-state index < -0.39 is 5.60 Å². The zero-order valence-electron chi connectivity index (χ0n) is 12.3. The van der Waals surface area contributed by atoms with E-state index in [1.165, 1.54) is 19.3 Å². The normalized spacial score (nSPS) is 46.5. The molecule has 0 aromatic heterocycles. The van der Waals surface area contributed by atoms with Crippen LogP contribution in [0.4, 0.5) is 0 Å². The van der Waals surface area contributed by atoms with E-state index in [1.807, 2.05) is 0 Å². The molecule has 2 rings (SSSR count). The molecule has 0 spiro atoms. The lowest BCUT2D eigenvalue weighted by molar-refractivity contribution is -0.0997. The standard InChI is InChI=1S/C15H30N2O/c1-4-13-6-5-7-14(9-13,10-16)15(18)8-12(2)17(3)11-15/h12-13,18H,4-11,16H2,1-3H3. The number of likely N-dealkylation sites (tertiary alicyclic amines) is 1. The van der Waals surface area contributed by atoms with Gasteiger partial charge in [-0.1, -0.05) is 26.2 Å². The molecule has 0 aromatic carbocycles. The molecule has 0 bridgehead atoms. The van der Waals surface area contributed by atoms with E-state index in [-0.39, 0.29) is 5.41 Å². The fourth-order valence-corrected chi connectivity index (χ4v) is 4.29. The molecule has 3 N–H and O–H groups in total. The van der Waals surface area contributed by atoms with Crippen molar-refractivity contribution < 1.29 is 5.11 Å². The van der Waals surface area contributed by atoms with Gasteiger partial charge < -0.3 is 15.7 Å². The summed E-state index contributed by atoms with van der Waals surface area (Å²) in [5, 5.41) is 11.2. The predicted molar refractivity (Wildman–Crippen MR) is 75.4 cm³/mol. The molecule has 0 radical (unpaired) electrons. The summed E-state index contributed by atoms with van der Waals surface area (Å²) in [7, 11) is 2.12. The lowest BCUT2D eigenvalue weighted by Crippen LogP contribution is -2.56. The average Bonchev–Trinajstić information content (AvgIpc) is 2.64. The van der Waals surface area contributed by atoms with Crippen LogP contribution >= 0.6 is 0 Å². The number of aliphatic hydroxyl groups is 1. The summed E-state index contributed by atoms with van der Waals surface area (Å²) in [4.78, 5) is 2.28. The molecule has 0 aromatic rings. The van der Waals surface area contributed by atoms with Crippen molar-refractivity contribution in [1.82, 2.24) is 4.90 Å². The molecule has 1 aliphatic carbocycles. The Bertz CT molecular complexity index is 284. The molecule has 3 nitrogen and oxygen atoms in total. The molecule has 4 unspecified atom stereocenters. The summed E-state index contributed by atoms with van der Waals surface area (Å²) >= 11 is 0. The maximum Gasteiger partial charge on any atom is 0.0856 e. The molecular formula is C15H30N2O. The quantitative estimate of drug-likeness (QED) is 0.810. The fourth-order valence-electron chi connectivity index (χ4n) is 4.29. The number of rotatable bonds is 3. The second-order valence-corrected chi connectivity index (χ2v) is 6.85. The minimum atomic E-state index is -0.566. The highest BCUT2D eigenvalue weighted by Crippen LogP contribution is 2.51. The second-order valence-electron chi connectivity index (χ2n) is 6.85. The van der Waals surface area contributed by atoms with Crippen LogP contribution in [-0.4, -0.2) is 41.8 Å². The van der Waals surface area contributed by atoms with Crippen LogP contribution in [0.2, 0.25) is 0 Å². The lowest BCUT2D eigenvalue weighted by Gasteiger charge is -2.49. The largest absolute Gasteiger partial charge is 0.388 e.